The summed E-state index contributed by atoms with van der Waals surface area (Å²) < 4.78 is 17.9. The second-order valence-corrected chi connectivity index (χ2v) is 5.74. The molecule has 10 nitrogen and oxygen atoms in total. The van der Waals surface area contributed by atoms with Crippen LogP contribution in [-0.4, -0.2) is 56.9 Å². The van der Waals surface area contributed by atoms with Gasteiger partial charge in [0.05, 0.1) is 38.9 Å². The average molecular weight is 379 g/mol. The summed E-state index contributed by atoms with van der Waals surface area (Å²) in [5, 5.41) is 22.1. The van der Waals surface area contributed by atoms with Crippen molar-refractivity contribution < 1.29 is 14.2 Å². The van der Waals surface area contributed by atoms with Crippen LogP contribution in [0, 0.1) is 0 Å². The zero-order chi connectivity index (χ0) is 19.5. The van der Waals surface area contributed by atoms with Gasteiger partial charge in [0, 0.05) is 23.3 Å². The first-order valence-corrected chi connectivity index (χ1v) is 8.30. The van der Waals surface area contributed by atoms with E-state index in [4.69, 9.17) is 14.2 Å². The maximum atomic E-state index is 5.43. The van der Waals surface area contributed by atoms with Gasteiger partial charge in [-0.25, -0.2) is 9.78 Å². The normalized spacial score (nSPS) is 10.7. The topological polar surface area (TPSA) is 113 Å². The molecular weight excluding hydrogens is 362 g/mol. The van der Waals surface area contributed by atoms with E-state index in [1.165, 1.54) is 0 Å². The molecule has 0 bridgehead atoms. The third kappa shape index (κ3) is 3.00. The van der Waals surface area contributed by atoms with Crippen molar-refractivity contribution in [2.45, 2.75) is 0 Å². The minimum atomic E-state index is 0.514. The summed E-state index contributed by atoms with van der Waals surface area (Å²) >= 11 is 0. The number of methoxy groups -OCH3 is 3. The van der Waals surface area contributed by atoms with Crippen molar-refractivity contribution >= 4 is 0 Å². The Bertz CT molecular complexity index is 1050. The van der Waals surface area contributed by atoms with Gasteiger partial charge in [-0.2, -0.15) is 0 Å². The monoisotopic (exact) mass is 379 g/mol. The Hall–Kier alpha value is -3.95. The number of aromatic amines is 1. The largest absolute Gasteiger partial charge is 0.493 e. The number of ether oxygens (including phenoxy) is 3. The summed E-state index contributed by atoms with van der Waals surface area (Å²) in [5.74, 6) is 2.18. The number of H-pyrrole nitrogens is 1. The van der Waals surface area contributed by atoms with Crippen molar-refractivity contribution in [1.82, 2.24) is 35.6 Å². The fraction of sp³-hybridized carbons (Fsp3) is 0.167. The van der Waals surface area contributed by atoms with Gasteiger partial charge in [-0.1, -0.05) is 29.5 Å². The lowest BCUT2D eigenvalue weighted by Crippen LogP contribution is -2.02. The molecule has 4 rings (SSSR count). The second-order valence-electron chi connectivity index (χ2n) is 5.74. The maximum absolute atomic E-state index is 5.43. The molecule has 0 spiro atoms. The molecule has 0 saturated carbocycles. The average Bonchev–Trinajstić information content (AvgIpc) is 3.45. The Kier molecular flexibility index (Phi) is 4.58. The standard InChI is InChI=1S/C18H17N7O3/c1-26-15-8-13(9-16(27-2)17(15)28-3)25-14(10-19-24-25)11-4-6-12(7-5-11)18-20-22-23-21-18/h4-10H,1-3H3,(H,20,21,22,23). The number of rotatable bonds is 6. The van der Waals surface area contributed by atoms with Gasteiger partial charge in [0.2, 0.25) is 5.75 Å². The van der Waals surface area contributed by atoms with Crippen molar-refractivity contribution in [3.63, 3.8) is 0 Å². The molecule has 142 valence electrons. The highest BCUT2D eigenvalue weighted by Crippen LogP contribution is 2.39. The summed E-state index contributed by atoms with van der Waals surface area (Å²) in [6.07, 6.45) is 1.69. The van der Waals surface area contributed by atoms with Crippen LogP contribution in [0.5, 0.6) is 17.2 Å². The maximum Gasteiger partial charge on any atom is 0.203 e. The van der Waals surface area contributed by atoms with Crippen LogP contribution in [0.15, 0.2) is 42.6 Å². The van der Waals surface area contributed by atoms with Crippen molar-refractivity contribution in [1.29, 1.82) is 0 Å². The fourth-order valence-electron chi connectivity index (χ4n) is 2.89. The van der Waals surface area contributed by atoms with E-state index in [0.717, 1.165) is 22.5 Å². The molecular formula is C18H17N7O3. The predicted molar refractivity (Wildman–Crippen MR) is 99.6 cm³/mol. The van der Waals surface area contributed by atoms with Crippen LogP contribution in [0.4, 0.5) is 0 Å². The lowest BCUT2D eigenvalue weighted by atomic mass is 10.1. The van der Waals surface area contributed by atoms with E-state index < -0.39 is 0 Å². The molecule has 2 aromatic heterocycles. The Labute approximate surface area is 160 Å². The summed E-state index contributed by atoms with van der Waals surface area (Å²) in [7, 11) is 4.70. The van der Waals surface area contributed by atoms with E-state index in [9.17, 15) is 0 Å². The molecule has 1 N–H and O–H groups in total. The van der Waals surface area contributed by atoms with Crippen molar-refractivity contribution in [3.05, 3.63) is 42.6 Å². The third-order valence-electron chi connectivity index (χ3n) is 4.24. The number of benzene rings is 2. The Balaban J connectivity index is 1.76. The summed E-state index contributed by atoms with van der Waals surface area (Å²) in [6.45, 7) is 0. The van der Waals surface area contributed by atoms with Crippen LogP contribution < -0.4 is 14.2 Å². The molecule has 0 amide bonds. The molecule has 0 atom stereocenters. The van der Waals surface area contributed by atoms with Crippen molar-refractivity contribution in [3.8, 4) is 45.6 Å². The van der Waals surface area contributed by atoms with E-state index in [0.29, 0.717) is 23.1 Å². The molecule has 10 heteroatoms. The first kappa shape index (κ1) is 17.5. The van der Waals surface area contributed by atoms with Gasteiger partial charge in [0.25, 0.3) is 0 Å². The summed E-state index contributed by atoms with van der Waals surface area (Å²) in [5.41, 5.74) is 3.33. The van der Waals surface area contributed by atoms with Crippen LogP contribution in [0.1, 0.15) is 0 Å². The predicted octanol–water partition coefficient (Wildman–Crippen LogP) is 2.14. The quantitative estimate of drug-likeness (QED) is 0.542. The van der Waals surface area contributed by atoms with Gasteiger partial charge in [-0.3, -0.25) is 0 Å². The Morgan fingerprint density at radius 2 is 1.57 bits per heavy atom. The van der Waals surface area contributed by atoms with Crippen LogP contribution in [0.2, 0.25) is 0 Å². The number of hydrogen-bond donors (Lipinski definition) is 1. The van der Waals surface area contributed by atoms with Crippen LogP contribution >= 0.6 is 0 Å². The number of hydrogen-bond acceptors (Lipinski definition) is 8. The van der Waals surface area contributed by atoms with E-state index in [2.05, 4.69) is 30.9 Å². The molecule has 0 aliphatic carbocycles. The SMILES string of the molecule is COc1cc(-n2nncc2-c2ccc(-c3nnn[nH]3)cc2)cc(OC)c1OC. The molecule has 0 saturated heterocycles. The van der Waals surface area contributed by atoms with E-state index in [1.807, 2.05) is 36.4 Å². The molecule has 2 heterocycles. The molecule has 2 aromatic carbocycles. The summed E-state index contributed by atoms with van der Waals surface area (Å²) in [4.78, 5) is 0. The highest BCUT2D eigenvalue weighted by molar-refractivity contribution is 5.67. The molecule has 0 fully saturated rings. The minimum Gasteiger partial charge on any atom is -0.493 e. The van der Waals surface area contributed by atoms with Crippen LogP contribution in [0.3, 0.4) is 0 Å². The molecule has 0 aliphatic heterocycles. The van der Waals surface area contributed by atoms with Gasteiger partial charge in [-0.15, -0.1) is 10.2 Å². The number of nitrogens with zero attached hydrogens (tertiary/aromatic N) is 6. The number of aromatic nitrogens is 7. The van der Waals surface area contributed by atoms with Crippen molar-refractivity contribution in [2.24, 2.45) is 0 Å². The fourth-order valence-corrected chi connectivity index (χ4v) is 2.89. The van der Waals surface area contributed by atoms with Gasteiger partial charge >= 0.3 is 0 Å². The first-order valence-electron chi connectivity index (χ1n) is 8.30. The van der Waals surface area contributed by atoms with E-state index >= 15 is 0 Å². The molecule has 0 unspecified atom stereocenters. The van der Waals surface area contributed by atoms with Gasteiger partial charge in [-0.05, 0) is 10.4 Å². The lowest BCUT2D eigenvalue weighted by molar-refractivity contribution is 0.324. The first-order chi connectivity index (χ1) is 13.7. The number of nitrogens with one attached hydrogen (secondary N) is 1. The molecule has 0 radical (unpaired) electrons. The smallest absolute Gasteiger partial charge is 0.203 e. The van der Waals surface area contributed by atoms with Crippen LogP contribution in [0.25, 0.3) is 28.3 Å². The highest BCUT2D eigenvalue weighted by atomic mass is 16.5. The van der Waals surface area contributed by atoms with E-state index in [1.54, 1.807) is 32.2 Å². The highest BCUT2D eigenvalue weighted by Gasteiger charge is 2.17. The Morgan fingerprint density at radius 3 is 2.14 bits per heavy atom. The molecule has 0 aliphatic rings. The molecule has 28 heavy (non-hydrogen) atoms. The van der Waals surface area contributed by atoms with Gasteiger partial charge in [0.1, 0.15) is 0 Å². The lowest BCUT2D eigenvalue weighted by Gasteiger charge is -2.15. The van der Waals surface area contributed by atoms with Crippen molar-refractivity contribution in [2.75, 3.05) is 21.3 Å². The van der Waals surface area contributed by atoms with Gasteiger partial charge < -0.3 is 14.2 Å². The zero-order valence-corrected chi connectivity index (χ0v) is 15.4. The minimum absolute atomic E-state index is 0.514. The Morgan fingerprint density at radius 1 is 0.893 bits per heavy atom. The number of tetrazole rings is 1. The second kappa shape index (κ2) is 7.35. The van der Waals surface area contributed by atoms with Gasteiger partial charge in [0.15, 0.2) is 17.3 Å². The molecule has 4 aromatic rings. The zero-order valence-electron chi connectivity index (χ0n) is 15.4. The van der Waals surface area contributed by atoms with E-state index in [-0.39, 0.29) is 0 Å². The van der Waals surface area contributed by atoms with Crippen LogP contribution in [-0.2, 0) is 0 Å². The summed E-state index contributed by atoms with van der Waals surface area (Å²) in [6, 6.07) is 11.4. The third-order valence-corrected chi connectivity index (χ3v) is 4.24.